The zero-order chi connectivity index (χ0) is 42.5. The van der Waals surface area contributed by atoms with E-state index in [0.717, 1.165) is 0 Å². The molecule has 0 saturated heterocycles. The van der Waals surface area contributed by atoms with Gasteiger partial charge in [-0.1, -0.05) is 0 Å². The molecule has 0 aliphatic heterocycles. The van der Waals surface area contributed by atoms with Gasteiger partial charge in [0, 0.05) is 0 Å². The first kappa shape index (κ1) is 53.1. The molecule has 0 bridgehead atoms. The van der Waals surface area contributed by atoms with Gasteiger partial charge in [0.25, 0.3) is 0 Å². The molecule has 0 N–H and O–H groups in total. The van der Waals surface area contributed by atoms with Gasteiger partial charge in [0.15, 0.2) is 0 Å². The quantitative estimate of drug-likeness (QED) is 0.0491. The Kier molecular flexibility index (Phi) is 18.8. The van der Waals surface area contributed by atoms with Crippen LogP contribution in [0.15, 0.2) is 0 Å². The summed E-state index contributed by atoms with van der Waals surface area (Å²) in [6.07, 6.45) is -21.1. The molecular weight excluding hydrogens is 1000 g/mol. The molecule has 0 aliphatic rings. The molecule has 0 amide bonds. The van der Waals surface area contributed by atoms with E-state index < -0.39 is 169 Å². The van der Waals surface area contributed by atoms with Crippen LogP contribution < -0.4 is 0 Å². The zero-order valence-corrected chi connectivity index (χ0v) is 34.9. The van der Waals surface area contributed by atoms with Gasteiger partial charge < -0.3 is 0 Å². The molecule has 0 radical (unpaired) electrons. The van der Waals surface area contributed by atoms with Crippen LogP contribution >= 0.6 is 0 Å². The number of alkyl halides is 20. The number of halogens is 20. The van der Waals surface area contributed by atoms with Crippen LogP contribution in [0.1, 0.15) is 92.9 Å². The maximum absolute atomic E-state index is 16.2. The molecule has 0 spiro atoms. The Bertz CT molecular complexity index is 973. The molecule has 0 heterocycles. The van der Waals surface area contributed by atoms with Crippen molar-refractivity contribution in [1.29, 1.82) is 0 Å². The van der Waals surface area contributed by atoms with E-state index in [-0.39, 0.29) is 25.7 Å². The molecule has 0 rings (SSSR count). The Hall–Kier alpha value is 0.0774. The van der Waals surface area contributed by atoms with Crippen molar-refractivity contribution in [2.75, 3.05) is 13.2 Å². The third-order valence-corrected chi connectivity index (χ3v) is 37.6. The SMILES string of the molecule is CCCCCC[O][Sn]([O][Sn]([O]CCCCCC)([C](F)(F)C(F)(F)C(C)F)[C](F)(F)C(F)(F)C(C)F)([C](F)(F)C(F)(F)C(C)F)[C](F)(F)C(F)(F)C(C)F. The van der Waals surface area contributed by atoms with E-state index in [4.69, 9.17) is 0 Å². The van der Waals surface area contributed by atoms with Crippen LogP contribution in [0.4, 0.5) is 87.8 Å². The summed E-state index contributed by atoms with van der Waals surface area (Å²) in [7, 11) is 0. The zero-order valence-electron chi connectivity index (χ0n) is 29.2. The van der Waals surface area contributed by atoms with Gasteiger partial charge in [-0.05, 0) is 0 Å². The minimum absolute atomic E-state index is 0.0593. The summed E-state index contributed by atoms with van der Waals surface area (Å²) in [4.78, 5) is 0. The number of rotatable bonds is 26. The van der Waals surface area contributed by atoms with Gasteiger partial charge in [-0.2, -0.15) is 0 Å². The first-order valence-electron chi connectivity index (χ1n) is 16.2. The van der Waals surface area contributed by atoms with Gasteiger partial charge >= 0.3 is 304 Å². The summed E-state index contributed by atoms with van der Waals surface area (Å²) in [6, 6.07) is 0. The molecular formula is C28H42F20O3Sn2. The summed E-state index contributed by atoms with van der Waals surface area (Å²) in [5, 5.41) is 0. The summed E-state index contributed by atoms with van der Waals surface area (Å²) >= 11 is -22.3. The van der Waals surface area contributed by atoms with E-state index >= 15 is 70.2 Å². The molecule has 0 aromatic heterocycles. The van der Waals surface area contributed by atoms with Crippen LogP contribution in [0.2, 0.25) is 0 Å². The van der Waals surface area contributed by atoms with Gasteiger partial charge in [-0.3, -0.25) is 0 Å². The van der Waals surface area contributed by atoms with Gasteiger partial charge in [0.2, 0.25) is 0 Å². The maximum atomic E-state index is 16.2. The van der Waals surface area contributed by atoms with Gasteiger partial charge in [0.05, 0.1) is 0 Å². The first-order valence-corrected chi connectivity index (χ1v) is 26.5. The van der Waals surface area contributed by atoms with E-state index in [1.165, 1.54) is 13.8 Å². The van der Waals surface area contributed by atoms with Crippen molar-refractivity contribution >= 4 is 38.4 Å². The molecule has 4 unspecified atom stereocenters. The summed E-state index contributed by atoms with van der Waals surface area (Å²) in [5.74, 6) is -27.9. The fraction of sp³-hybridized carbons (Fsp3) is 1.00. The Labute approximate surface area is 303 Å². The van der Waals surface area contributed by atoms with E-state index in [9.17, 15) is 17.6 Å². The second-order valence-corrected chi connectivity index (χ2v) is 32.8. The molecule has 0 fully saturated rings. The van der Waals surface area contributed by atoms with E-state index in [1.54, 1.807) is 0 Å². The Morgan fingerprint density at radius 1 is 0.377 bits per heavy atom. The molecule has 3 nitrogen and oxygen atoms in total. The van der Waals surface area contributed by atoms with E-state index in [2.05, 4.69) is 7.56 Å². The second kappa shape index (κ2) is 18.8. The molecule has 0 aliphatic carbocycles. The van der Waals surface area contributed by atoms with Crippen molar-refractivity contribution in [1.82, 2.24) is 0 Å². The van der Waals surface area contributed by atoms with Crippen LogP contribution in [-0.4, -0.2) is 116 Å². The van der Waals surface area contributed by atoms with Crippen molar-refractivity contribution in [3.8, 4) is 0 Å². The number of unbranched alkanes of at least 4 members (excludes halogenated alkanes) is 6. The van der Waals surface area contributed by atoms with Gasteiger partial charge in [-0.25, -0.2) is 0 Å². The first-order chi connectivity index (χ1) is 23.6. The van der Waals surface area contributed by atoms with Crippen molar-refractivity contribution < 1.29 is 95.4 Å². The van der Waals surface area contributed by atoms with Crippen molar-refractivity contribution in [2.24, 2.45) is 0 Å². The third kappa shape index (κ3) is 9.37. The standard InChI is InChI=1S/2C6H13O.4C4H4F5.O.2Sn/c2*1-2-3-4-5-6-7;4*1-2(5)4(8,9)3(6)7;;;/h2*2-6H2,1H3;4*2H,1H3;;;/q2*-1;;;;;;2*+1. The van der Waals surface area contributed by atoms with Crippen molar-refractivity contribution in [3.63, 3.8) is 0 Å². The van der Waals surface area contributed by atoms with E-state index in [1.807, 2.05) is 0 Å². The second-order valence-electron chi connectivity index (χ2n) is 12.4. The van der Waals surface area contributed by atoms with Crippen molar-refractivity contribution in [2.45, 2.75) is 157 Å². The van der Waals surface area contributed by atoms with Gasteiger partial charge in [0.1, 0.15) is 0 Å². The van der Waals surface area contributed by atoms with E-state index in [0.29, 0.717) is 0 Å². The van der Waals surface area contributed by atoms with Crippen LogP contribution in [0, 0.1) is 0 Å². The average Bonchev–Trinajstić information content (AvgIpc) is 3.01. The Morgan fingerprint density at radius 3 is 0.755 bits per heavy atom. The molecule has 320 valence electrons. The van der Waals surface area contributed by atoms with Crippen LogP contribution in [-0.2, 0) is 7.56 Å². The van der Waals surface area contributed by atoms with Crippen molar-refractivity contribution in [3.05, 3.63) is 0 Å². The molecule has 0 saturated carbocycles. The minimum atomic E-state index is -11.2. The monoisotopic (exact) mass is 1050 g/mol. The fourth-order valence-corrected chi connectivity index (χ4v) is 41.5. The normalized spacial score (nSPS) is 19.4. The number of hydrogen-bond donors (Lipinski definition) is 0. The summed E-state index contributed by atoms with van der Waals surface area (Å²) < 4.78 is 289. The van der Waals surface area contributed by atoms with Gasteiger partial charge in [-0.15, -0.1) is 0 Å². The summed E-state index contributed by atoms with van der Waals surface area (Å²) in [6.45, 7) is -3.74. The molecule has 25 heteroatoms. The molecule has 0 aromatic rings. The summed E-state index contributed by atoms with van der Waals surface area (Å²) in [5.41, 5.74) is 0. The molecule has 53 heavy (non-hydrogen) atoms. The topological polar surface area (TPSA) is 27.7 Å². The predicted octanol–water partition coefficient (Wildman–Crippen LogP) is 11.8. The Balaban J connectivity index is 9.25. The predicted molar refractivity (Wildman–Crippen MR) is 155 cm³/mol. The molecule has 0 aromatic carbocycles. The molecule has 4 atom stereocenters. The third-order valence-electron chi connectivity index (χ3n) is 8.22. The van der Waals surface area contributed by atoms with Crippen LogP contribution in [0.3, 0.4) is 0 Å². The fourth-order valence-electron chi connectivity index (χ4n) is 4.64. The van der Waals surface area contributed by atoms with Crippen LogP contribution in [0.5, 0.6) is 0 Å². The van der Waals surface area contributed by atoms with Crippen LogP contribution in [0.25, 0.3) is 0 Å². The Morgan fingerprint density at radius 2 is 0.585 bits per heavy atom. The average molecular weight is 1040 g/mol. The number of hydrogen-bond acceptors (Lipinski definition) is 3.